The lowest BCUT2D eigenvalue weighted by atomic mass is 10.3. The predicted molar refractivity (Wildman–Crippen MR) is 68.0 cm³/mol. The summed E-state index contributed by atoms with van der Waals surface area (Å²) in [5.41, 5.74) is 5.75. The molecule has 2 rings (SSSR count). The Labute approximate surface area is 103 Å². The van der Waals surface area contributed by atoms with Gasteiger partial charge in [-0.3, -0.25) is 9.59 Å². The van der Waals surface area contributed by atoms with Crippen molar-refractivity contribution in [2.45, 2.75) is 6.54 Å². The Balaban J connectivity index is 2.08. The maximum Gasteiger partial charge on any atom is 0.267 e. The first-order valence-corrected chi connectivity index (χ1v) is 5.34. The summed E-state index contributed by atoms with van der Waals surface area (Å²) >= 11 is 0. The normalized spacial score (nSPS) is 10.0. The molecular weight excluding hydrogens is 232 g/mol. The minimum Gasteiger partial charge on any atom is -0.382 e. The van der Waals surface area contributed by atoms with Crippen LogP contribution in [-0.2, 0) is 11.3 Å². The molecule has 0 aliphatic heterocycles. The van der Waals surface area contributed by atoms with Crippen LogP contribution in [0.2, 0.25) is 0 Å². The van der Waals surface area contributed by atoms with Gasteiger partial charge in [-0.25, -0.2) is 4.68 Å². The van der Waals surface area contributed by atoms with Gasteiger partial charge >= 0.3 is 0 Å². The SMILES string of the molecule is Nc1ccc(=O)n(CC(=O)Nc2ccccc2)n1. The van der Waals surface area contributed by atoms with Crippen molar-refractivity contribution in [2.75, 3.05) is 11.1 Å². The Hall–Kier alpha value is -2.63. The fourth-order valence-corrected chi connectivity index (χ4v) is 1.44. The summed E-state index contributed by atoms with van der Waals surface area (Å²) in [6.07, 6.45) is 0. The number of nitrogens with one attached hydrogen (secondary N) is 1. The van der Waals surface area contributed by atoms with Crippen molar-refractivity contribution < 1.29 is 4.79 Å². The third-order valence-electron chi connectivity index (χ3n) is 2.24. The molecule has 0 spiro atoms. The first kappa shape index (κ1) is 11.8. The molecule has 6 nitrogen and oxygen atoms in total. The molecule has 0 aliphatic carbocycles. The molecule has 0 saturated carbocycles. The summed E-state index contributed by atoms with van der Waals surface area (Å²) in [5.74, 6) is -0.136. The second-order valence-corrected chi connectivity index (χ2v) is 3.67. The van der Waals surface area contributed by atoms with E-state index in [0.717, 1.165) is 4.68 Å². The number of nitrogens with zero attached hydrogens (tertiary/aromatic N) is 2. The molecule has 1 aromatic carbocycles. The molecule has 0 bridgehead atoms. The molecule has 0 atom stereocenters. The molecule has 0 radical (unpaired) electrons. The van der Waals surface area contributed by atoms with E-state index in [1.54, 1.807) is 24.3 Å². The number of rotatable bonds is 3. The standard InChI is InChI=1S/C12H12N4O2/c13-10-6-7-12(18)16(15-10)8-11(17)14-9-4-2-1-3-5-9/h1-7H,8H2,(H2,13,15)(H,14,17). The fourth-order valence-electron chi connectivity index (χ4n) is 1.44. The van der Waals surface area contributed by atoms with Crippen molar-refractivity contribution in [2.24, 2.45) is 0 Å². The fraction of sp³-hybridized carbons (Fsp3) is 0.0833. The largest absolute Gasteiger partial charge is 0.382 e. The number of nitrogens with two attached hydrogens (primary N) is 1. The highest BCUT2D eigenvalue weighted by atomic mass is 16.2. The zero-order valence-corrected chi connectivity index (χ0v) is 9.54. The number of aromatic nitrogens is 2. The summed E-state index contributed by atoms with van der Waals surface area (Å²) in [4.78, 5) is 23.1. The van der Waals surface area contributed by atoms with Gasteiger partial charge in [0.15, 0.2) is 0 Å². The van der Waals surface area contributed by atoms with Crippen molar-refractivity contribution in [1.82, 2.24) is 9.78 Å². The third-order valence-corrected chi connectivity index (χ3v) is 2.24. The van der Waals surface area contributed by atoms with E-state index < -0.39 is 0 Å². The highest BCUT2D eigenvalue weighted by Gasteiger charge is 2.06. The van der Waals surface area contributed by atoms with Crippen molar-refractivity contribution in [1.29, 1.82) is 0 Å². The summed E-state index contributed by atoms with van der Waals surface area (Å²) in [5, 5.41) is 6.43. The first-order valence-electron chi connectivity index (χ1n) is 5.34. The summed E-state index contributed by atoms with van der Waals surface area (Å²) in [6.45, 7) is -0.168. The van der Waals surface area contributed by atoms with Crippen LogP contribution < -0.4 is 16.6 Å². The van der Waals surface area contributed by atoms with Gasteiger partial charge in [-0.15, -0.1) is 0 Å². The molecule has 1 amide bonds. The van der Waals surface area contributed by atoms with E-state index in [1.165, 1.54) is 12.1 Å². The number of hydrogen-bond donors (Lipinski definition) is 2. The minimum atomic E-state index is -0.368. The van der Waals surface area contributed by atoms with Gasteiger partial charge in [0, 0.05) is 11.8 Å². The van der Waals surface area contributed by atoms with Gasteiger partial charge in [-0.2, -0.15) is 5.10 Å². The molecule has 1 heterocycles. The Bertz CT molecular complexity index is 607. The average Bonchev–Trinajstić information content (AvgIpc) is 2.35. The molecule has 18 heavy (non-hydrogen) atoms. The van der Waals surface area contributed by atoms with Gasteiger partial charge in [0.05, 0.1) is 0 Å². The number of amides is 1. The van der Waals surface area contributed by atoms with E-state index in [-0.39, 0.29) is 23.8 Å². The Kier molecular flexibility index (Phi) is 3.38. The molecule has 6 heteroatoms. The van der Waals surface area contributed by atoms with E-state index in [4.69, 9.17) is 5.73 Å². The van der Waals surface area contributed by atoms with Crippen molar-refractivity contribution in [3.8, 4) is 0 Å². The number of para-hydroxylation sites is 1. The monoisotopic (exact) mass is 244 g/mol. The zero-order valence-electron chi connectivity index (χ0n) is 9.54. The number of carbonyl (C=O) groups excluding carboxylic acids is 1. The lowest BCUT2D eigenvalue weighted by molar-refractivity contribution is -0.117. The molecule has 0 unspecified atom stereocenters. The third kappa shape index (κ3) is 2.94. The molecule has 0 aliphatic rings. The van der Waals surface area contributed by atoms with Gasteiger partial charge < -0.3 is 11.1 Å². The van der Waals surface area contributed by atoms with Crippen LogP contribution in [0.15, 0.2) is 47.3 Å². The quantitative estimate of drug-likeness (QED) is 0.821. The van der Waals surface area contributed by atoms with Gasteiger partial charge in [-0.1, -0.05) is 18.2 Å². The Morgan fingerprint density at radius 1 is 1.22 bits per heavy atom. The van der Waals surface area contributed by atoms with Crippen LogP contribution in [0.3, 0.4) is 0 Å². The van der Waals surface area contributed by atoms with E-state index >= 15 is 0 Å². The first-order chi connectivity index (χ1) is 8.65. The molecular formula is C12H12N4O2. The van der Waals surface area contributed by atoms with Crippen LogP contribution in [0.4, 0.5) is 11.5 Å². The van der Waals surface area contributed by atoms with E-state index in [1.807, 2.05) is 6.07 Å². The number of benzene rings is 1. The topological polar surface area (TPSA) is 90.0 Å². The van der Waals surface area contributed by atoms with Crippen LogP contribution in [0.25, 0.3) is 0 Å². The van der Waals surface area contributed by atoms with E-state index in [2.05, 4.69) is 10.4 Å². The van der Waals surface area contributed by atoms with Crippen molar-refractivity contribution >= 4 is 17.4 Å². The molecule has 0 saturated heterocycles. The van der Waals surface area contributed by atoms with Crippen LogP contribution in [-0.4, -0.2) is 15.7 Å². The van der Waals surface area contributed by atoms with E-state index in [0.29, 0.717) is 5.69 Å². The van der Waals surface area contributed by atoms with Gasteiger partial charge in [-0.05, 0) is 18.2 Å². The zero-order chi connectivity index (χ0) is 13.0. The number of carbonyl (C=O) groups is 1. The summed E-state index contributed by atoms with van der Waals surface area (Å²) < 4.78 is 1.02. The number of nitrogen functional groups attached to an aromatic ring is 1. The predicted octanol–water partition coefficient (Wildman–Crippen LogP) is 0.464. The van der Waals surface area contributed by atoms with Crippen molar-refractivity contribution in [3.05, 3.63) is 52.8 Å². The number of hydrogen-bond acceptors (Lipinski definition) is 4. The lowest BCUT2D eigenvalue weighted by Crippen LogP contribution is -2.29. The van der Waals surface area contributed by atoms with Gasteiger partial charge in [0.1, 0.15) is 12.4 Å². The average molecular weight is 244 g/mol. The second-order valence-electron chi connectivity index (χ2n) is 3.67. The van der Waals surface area contributed by atoms with Gasteiger partial charge in [0.25, 0.3) is 5.56 Å². The molecule has 0 fully saturated rings. The lowest BCUT2D eigenvalue weighted by Gasteiger charge is -2.06. The van der Waals surface area contributed by atoms with Crippen LogP contribution in [0.5, 0.6) is 0 Å². The second kappa shape index (κ2) is 5.13. The maximum atomic E-state index is 11.7. The Morgan fingerprint density at radius 2 is 1.94 bits per heavy atom. The van der Waals surface area contributed by atoms with Gasteiger partial charge in [0.2, 0.25) is 5.91 Å². The summed E-state index contributed by atoms with van der Waals surface area (Å²) in [6, 6.07) is 11.6. The molecule has 3 N–H and O–H groups in total. The molecule has 1 aromatic heterocycles. The minimum absolute atomic E-state index is 0.168. The molecule has 92 valence electrons. The highest BCUT2D eigenvalue weighted by molar-refractivity contribution is 5.90. The molecule has 2 aromatic rings. The van der Waals surface area contributed by atoms with Crippen LogP contribution in [0.1, 0.15) is 0 Å². The van der Waals surface area contributed by atoms with Crippen LogP contribution in [0, 0.1) is 0 Å². The maximum absolute atomic E-state index is 11.7. The van der Waals surface area contributed by atoms with Crippen molar-refractivity contribution in [3.63, 3.8) is 0 Å². The Morgan fingerprint density at radius 3 is 2.67 bits per heavy atom. The summed E-state index contributed by atoms with van der Waals surface area (Å²) in [7, 11) is 0. The smallest absolute Gasteiger partial charge is 0.267 e. The van der Waals surface area contributed by atoms with E-state index in [9.17, 15) is 9.59 Å². The number of anilines is 2. The van der Waals surface area contributed by atoms with Crippen LogP contribution >= 0.6 is 0 Å². The highest BCUT2D eigenvalue weighted by Crippen LogP contribution is 2.04.